The predicted octanol–water partition coefficient (Wildman–Crippen LogP) is 3.37. The lowest BCUT2D eigenvalue weighted by molar-refractivity contribution is 0.0994. The van der Waals surface area contributed by atoms with Crippen LogP contribution in [0.4, 0.5) is 8.78 Å². The van der Waals surface area contributed by atoms with E-state index < -0.39 is 23.2 Å². The lowest BCUT2D eigenvalue weighted by Crippen LogP contribution is -2.18. The van der Waals surface area contributed by atoms with E-state index >= 15 is 0 Å². The standard InChI is InChI=1S/C18H10F2N2O3S/c1-22-15-12(20)7-10(19)8-14(15)26-18(22)21-16(23)11-6-9-4-2-3-5-13(9)25-17(11)24/h2-8H,1H3. The van der Waals surface area contributed by atoms with Crippen molar-refractivity contribution in [3.8, 4) is 0 Å². The van der Waals surface area contributed by atoms with Crippen molar-refractivity contribution >= 4 is 38.4 Å². The van der Waals surface area contributed by atoms with E-state index in [-0.39, 0.29) is 15.9 Å². The molecule has 0 bridgehead atoms. The molecule has 0 N–H and O–H groups in total. The summed E-state index contributed by atoms with van der Waals surface area (Å²) in [5.41, 5.74) is -0.543. The highest BCUT2D eigenvalue weighted by molar-refractivity contribution is 7.16. The summed E-state index contributed by atoms with van der Waals surface area (Å²) in [5, 5.41) is 0.583. The fourth-order valence-corrected chi connectivity index (χ4v) is 3.72. The Morgan fingerprint density at radius 2 is 1.96 bits per heavy atom. The minimum atomic E-state index is -0.812. The van der Waals surface area contributed by atoms with Gasteiger partial charge in [-0.3, -0.25) is 4.79 Å². The molecule has 0 unspecified atom stereocenters. The Morgan fingerprint density at radius 3 is 2.77 bits per heavy atom. The van der Waals surface area contributed by atoms with Gasteiger partial charge in [-0.05, 0) is 18.2 Å². The predicted molar refractivity (Wildman–Crippen MR) is 93.1 cm³/mol. The summed E-state index contributed by atoms with van der Waals surface area (Å²) in [5.74, 6) is -2.28. The van der Waals surface area contributed by atoms with E-state index in [0.29, 0.717) is 15.7 Å². The summed E-state index contributed by atoms with van der Waals surface area (Å²) in [6.07, 6.45) is 0. The Bertz CT molecular complexity index is 1320. The van der Waals surface area contributed by atoms with Crippen LogP contribution in [-0.2, 0) is 7.05 Å². The molecule has 4 aromatic rings. The normalized spacial score (nSPS) is 12.2. The summed E-state index contributed by atoms with van der Waals surface area (Å²) < 4.78 is 34.1. The molecule has 0 aliphatic rings. The van der Waals surface area contributed by atoms with Crippen LogP contribution in [0.3, 0.4) is 0 Å². The first-order chi connectivity index (χ1) is 12.4. The molecule has 8 heteroatoms. The molecule has 2 aromatic carbocycles. The maximum Gasteiger partial charge on any atom is 0.349 e. The van der Waals surface area contributed by atoms with Crippen molar-refractivity contribution in [2.45, 2.75) is 0 Å². The number of para-hydroxylation sites is 1. The van der Waals surface area contributed by atoms with Gasteiger partial charge in [-0.1, -0.05) is 29.5 Å². The molecule has 0 saturated heterocycles. The van der Waals surface area contributed by atoms with Gasteiger partial charge in [-0.25, -0.2) is 13.6 Å². The average molecular weight is 372 g/mol. The number of halogens is 2. The van der Waals surface area contributed by atoms with E-state index in [0.717, 1.165) is 23.5 Å². The van der Waals surface area contributed by atoms with Crippen LogP contribution in [0, 0.1) is 11.6 Å². The van der Waals surface area contributed by atoms with E-state index in [1.807, 2.05) is 0 Å². The van der Waals surface area contributed by atoms with Crippen LogP contribution >= 0.6 is 11.3 Å². The van der Waals surface area contributed by atoms with Crippen LogP contribution in [0.2, 0.25) is 0 Å². The Morgan fingerprint density at radius 1 is 1.19 bits per heavy atom. The maximum atomic E-state index is 14.0. The number of rotatable bonds is 1. The first-order valence-electron chi connectivity index (χ1n) is 7.50. The summed E-state index contributed by atoms with van der Waals surface area (Å²) in [6, 6.07) is 10.1. The second kappa shape index (κ2) is 5.99. The molecule has 0 aliphatic heterocycles. The number of hydrogen-bond donors (Lipinski definition) is 0. The van der Waals surface area contributed by atoms with Crippen molar-refractivity contribution < 1.29 is 18.0 Å². The molecule has 5 nitrogen and oxygen atoms in total. The number of benzene rings is 2. The van der Waals surface area contributed by atoms with Gasteiger partial charge in [-0.15, -0.1) is 0 Å². The highest BCUT2D eigenvalue weighted by Gasteiger charge is 2.15. The van der Waals surface area contributed by atoms with Crippen molar-refractivity contribution in [3.05, 3.63) is 74.9 Å². The van der Waals surface area contributed by atoms with E-state index in [9.17, 15) is 18.4 Å². The second-order valence-electron chi connectivity index (χ2n) is 5.58. The molecule has 4 rings (SSSR count). The number of carbonyl (C=O) groups is 1. The third kappa shape index (κ3) is 2.64. The number of aromatic nitrogens is 1. The molecule has 0 saturated carbocycles. The highest BCUT2D eigenvalue weighted by atomic mass is 32.1. The molecule has 2 heterocycles. The Balaban J connectivity index is 1.89. The quantitative estimate of drug-likeness (QED) is 0.481. The number of carbonyl (C=O) groups excluding carboxylic acids is 1. The first-order valence-corrected chi connectivity index (χ1v) is 8.32. The zero-order valence-electron chi connectivity index (χ0n) is 13.3. The Labute approximate surface area is 148 Å². The molecule has 0 atom stereocenters. The monoisotopic (exact) mass is 372 g/mol. The van der Waals surface area contributed by atoms with Gasteiger partial charge in [0.1, 0.15) is 17.0 Å². The number of aryl methyl sites for hydroxylation is 1. The minimum absolute atomic E-state index is 0.133. The Hall–Kier alpha value is -3.13. The molecule has 0 aliphatic carbocycles. The summed E-state index contributed by atoms with van der Waals surface area (Å²) >= 11 is 0.948. The number of thiazole rings is 1. The smallest absolute Gasteiger partial charge is 0.349 e. The molecule has 0 spiro atoms. The van der Waals surface area contributed by atoms with Crippen molar-refractivity contribution in [1.82, 2.24) is 4.57 Å². The van der Waals surface area contributed by atoms with Crippen LogP contribution < -0.4 is 10.4 Å². The third-order valence-electron chi connectivity index (χ3n) is 3.89. The summed E-state index contributed by atoms with van der Waals surface area (Å²) in [6.45, 7) is 0. The average Bonchev–Trinajstić information content (AvgIpc) is 2.89. The van der Waals surface area contributed by atoms with Gasteiger partial charge in [-0.2, -0.15) is 4.99 Å². The largest absolute Gasteiger partial charge is 0.422 e. The van der Waals surface area contributed by atoms with Gasteiger partial charge in [0, 0.05) is 18.5 Å². The fourth-order valence-electron chi connectivity index (χ4n) is 2.66. The molecular weight excluding hydrogens is 362 g/mol. The number of fused-ring (bicyclic) bond motifs is 2. The minimum Gasteiger partial charge on any atom is -0.422 e. The number of amides is 1. The molecule has 1 amide bonds. The molecule has 130 valence electrons. The van der Waals surface area contributed by atoms with Gasteiger partial charge in [0.05, 0.1) is 10.2 Å². The summed E-state index contributed by atoms with van der Waals surface area (Å²) in [7, 11) is 1.51. The van der Waals surface area contributed by atoms with Crippen molar-refractivity contribution in [3.63, 3.8) is 0 Å². The first kappa shape index (κ1) is 16.3. The lowest BCUT2D eigenvalue weighted by atomic mass is 10.2. The van der Waals surface area contributed by atoms with E-state index in [2.05, 4.69) is 4.99 Å². The fraction of sp³-hybridized carbons (Fsp3) is 0.0556. The molecule has 0 fully saturated rings. The van der Waals surface area contributed by atoms with Crippen LogP contribution in [0.25, 0.3) is 21.2 Å². The zero-order valence-corrected chi connectivity index (χ0v) is 14.1. The van der Waals surface area contributed by atoms with Crippen molar-refractivity contribution in [2.24, 2.45) is 12.0 Å². The van der Waals surface area contributed by atoms with Gasteiger partial charge in [0.25, 0.3) is 5.91 Å². The molecule has 26 heavy (non-hydrogen) atoms. The maximum absolute atomic E-state index is 14.0. The van der Waals surface area contributed by atoms with Gasteiger partial charge in [0.2, 0.25) is 0 Å². The van der Waals surface area contributed by atoms with Crippen molar-refractivity contribution in [2.75, 3.05) is 0 Å². The van der Waals surface area contributed by atoms with Gasteiger partial charge >= 0.3 is 5.63 Å². The van der Waals surface area contributed by atoms with E-state index in [4.69, 9.17) is 4.42 Å². The highest BCUT2D eigenvalue weighted by Crippen LogP contribution is 2.21. The molecule has 2 aromatic heterocycles. The van der Waals surface area contributed by atoms with Gasteiger partial charge in [0.15, 0.2) is 10.6 Å². The second-order valence-corrected chi connectivity index (χ2v) is 6.59. The lowest BCUT2D eigenvalue weighted by Gasteiger charge is -1.99. The topological polar surface area (TPSA) is 64.6 Å². The third-order valence-corrected chi connectivity index (χ3v) is 4.96. The van der Waals surface area contributed by atoms with Crippen LogP contribution in [-0.4, -0.2) is 10.5 Å². The Kier molecular flexibility index (Phi) is 3.77. The van der Waals surface area contributed by atoms with E-state index in [1.165, 1.54) is 17.7 Å². The van der Waals surface area contributed by atoms with Crippen LogP contribution in [0.15, 0.2) is 56.7 Å². The van der Waals surface area contributed by atoms with Crippen LogP contribution in [0.5, 0.6) is 0 Å². The molecular formula is C18H10F2N2O3S. The van der Waals surface area contributed by atoms with Crippen LogP contribution in [0.1, 0.15) is 10.4 Å². The van der Waals surface area contributed by atoms with Crippen molar-refractivity contribution in [1.29, 1.82) is 0 Å². The summed E-state index contributed by atoms with van der Waals surface area (Å²) in [4.78, 5) is 28.6. The number of hydrogen-bond acceptors (Lipinski definition) is 4. The number of nitrogens with zero attached hydrogens (tertiary/aromatic N) is 2. The zero-order chi connectivity index (χ0) is 18.4. The SMILES string of the molecule is Cn1c(=NC(=O)c2cc3ccccc3oc2=O)sc2cc(F)cc(F)c21. The van der Waals surface area contributed by atoms with Gasteiger partial charge < -0.3 is 8.98 Å². The molecule has 0 radical (unpaired) electrons. The van der Waals surface area contributed by atoms with E-state index in [1.54, 1.807) is 24.3 Å².